The van der Waals surface area contributed by atoms with Gasteiger partial charge in [0.2, 0.25) is 5.91 Å². The monoisotopic (exact) mass is 306 g/mol. The van der Waals surface area contributed by atoms with Crippen LogP contribution in [0.4, 0.5) is 18.9 Å². The van der Waals surface area contributed by atoms with Gasteiger partial charge in [0.05, 0.1) is 11.6 Å². The quantitative estimate of drug-likeness (QED) is 0.867. The lowest BCUT2D eigenvalue weighted by atomic mass is 9.88. The van der Waals surface area contributed by atoms with E-state index in [0.29, 0.717) is 11.3 Å². The molecule has 1 amide bonds. The number of hydrogen-bond acceptors (Lipinski definition) is 2. The Morgan fingerprint density at radius 3 is 2.09 bits per heavy atom. The third-order valence-corrected chi connectivity index (χ3v) is 3.75. The smallest absolute Gasteiger partial charge is 0.318 e. The highest BCUT2D eigenvalue weighted by Gasteiger charge is 2.46. The Hall–Kier alpha value is -2.34. The van der Waals surface area contributed by atoms with Gasteiger partial charge in [0, 0.05) is 5.69 Å². The Morgan fingerprint density at radius 2 is 1.55 bits per heavy atom. The summed E-state index contributed by atoms with van der Waals surface area (Å²) in [7, 11) is 0. The molecule has 0 radical (unpaired) electrons. The minimum atomic E-state index is -4.38. The maximum absolute atomic E-state index is 12.6. The van der Waals surface area contributed by atoms with Gasteiger partial charge >= 0.3 is 6.18 Å². The van der Waals surface area contributed by atoms with Crippen molar-refractivity contribution in [2.45, 2.75) is 18.3 Å². The first-order valence-corrected chi connectivity index (χ1v) is 6.70. The van der Waals surface area contributed by atoms with E-state index in [1.807, 2.05) is 6.07 Å². The van der Waals surface area contributed by atoms with Crippen LogP contribution in [0, 0.1) is 0 Å². The lowest BCUT2D eigenvalue weighted by molar-refractivity contribution is -0.137. The molecule has 1 aliphatic rings. The number of nitrogens with two attached hydrogens (primary N) is 1. The molecule has 2 aromatic carbocycles. The van der Waals surface area contributed by atoms with Crippen LogP contribution >= 0.6 is 0 Å². The number of amides is 1. The standard InChI is InChI=1S/C16H13F3N2O/c17-16(18,19)11-8-6-10(7-9-11)14-13(20)15(22)21(14)12-4-2-1-3-5-12/h1-9,13-14H,20H2. The average Bonchev–Trinajstić information content (AvgIpc) is 2.51. The van der Waals surface area contributed by atoms with E-state index in [-0.39, 0.29) is 5.91 Å². The molecule has 0 aliphatic carbocycles. The largest absolute Gasteiger partial charge is 0.416 e. The van der Waals surface area contributed by atoms with E-state index >= 15 is 0 Å². The molecule has 1 fully saturated rings. The molecule has 3 rings (SSSR count). The van der Waals surface area contributed by atoms with Crippen molar-refractivity contribution in [2.24, 2.45) is 5.73 Å². The Morgan fingerprint density at radius 1 is 0.955 bits per heavy atom. The number of nitrogens with zero attached hydrogens (tertiary/aromatic N) is 1. The molecule has 1 aliphatic heterocycles. The van der Waals surface area contributed by atoms with Gasteiger partial charge in [-0.25, -0.2) is 0 Å². The van der Waals surface area contributed by atoms with Crippen molar-refractivity contribution < 1.29 is 18.0 Å². The number of para-hydroxylation sites is 1. The Bertz CT molecular complexity index is 683. The van der Waals surface area contributed by atoms with Crippen molar-refractivity contribution in [2.75, 3.05) is 4.90 Å². The fourth-order valence-electron chi connectivity index (χ4n) is 2.61. The minimum absolute atomic E-state index is 0.240. The van der Waals surface area contributed by atoms with Crippen LogP contribution in [0.25, 0.3) is 0 Å². The van der Waals surface area contributed by atoms with Crippen molar-refractivity contribution in [1.82, 2.24) is 0 Å². The Labute approximate surface area is 125 Å². The number of benzene rings is 2. The van der Waals surface area contributed by atoms with Crippen LogP contribution in [-0.4, -0.2) is 11.9 Å². The first kappa shape index (κ1) is 14.6. The normalized spacial score (nSPS) is 21.6. The van der Waals surface area contributed by atoms with Crippen molar-refractivity contribution >= 4 is 11.6 Å². The summed E-state index contributed by atoms with van der Waals surface area (Å²) in [5.74, 6) is -0.240. The van der Waals surface area contributed by atoms with Gasteiger partial charge in [-0.05, 0) is 29.8 Å². The van der Waals surface area contributed by atoms with Gasteiger partial charge in [0.25, 0.3) is 0 Å². The first-order chi connectivity index (χ1) is 10.4. The number of alkyl halides is 3. The molecule has 0 saturated carbocycles. The molecule has 0 bridgehead atoms. The van der Waals surface area contributed by atoms with Gasteiger partial charge in [0.15, 0.2) is 0 Å². The third-order valence-electron chi connectivity index (χ3n) is 3.75. The maximum atomic E-state index is 12.6. The van der Waals surface area contributed by atoms with E-state index in [1.165, 1.54) is 17.0 Å². The molecule has 22 heavy (non-hydrogen) atoms. The molecule has 0 aromatic heterocycles. The van der Waals surface area contributed by atoms with Gasteiger partial charge in [-0.2, -0.15) is 13.2 Å². The predicted molar refractivity (Wildman–Crippen MR) is 76.1 cm³/mol. The molecule has 1 heterocycles. The van der Waals surface area contributed by atoms with Gasteiger partial charge < -0.3 is 10.6 Å². The maximum Gasteiger partial charge on any atom is 0.416 e. The van der Waals surface area contributed by atoms with Crippen LogP contribution in [-0.2, 0) is 11.0 Å². The molecule has 6 heteroatoms. The van der Waals surface area contributed by atoms with E-state index in [0.717, 1.165) is 12.1 Å². The number of halogens is 3. The molecule has 2 aromatic rings. The predicted octanol–water partition coefficient (Wildman–Crippen LogP) is 3.12. The topological polar surface area (TPSA) is 46.3 Å². The van der Waals surface area contributed by atoms with Crippen molar-refractivity contribution in [3.8, 4) is 0 Å². The summed E-state index contributed by atoms with van der Waals surface area (Å²) in [6.07, 6.45) is -4.38. The minimum Gasteiger partial charge on any atom is -0.318 e. The fourth-order valence-corrected chi connectivity index (χ4v) is 2.61. The van der Waals surface area contributed by atoms with Gasteiger partial charge in [-0.1, -0.05) is 30.3 Å². The number of hydrogen-bond donors (Lipinski definition) is 1. The number of anilines is 1. The highest BCUT2D eigenvalue weighted by molar-refractivity contribution is 6.05. The van der Waals surface area contributed by atoms with Crippen LogP contribution < -0.4 is 10.6 Å². The van der Waals surface area contributed by atoms with E-state index in [1.54, 1.807) is 24.3 Å². The molecular weight excluding hydrogens is 293 g/mol. The highest BCUT2D eigenvalue weighted by atomic mass is 19.4. The second kappa shape index (κ2) is 5.14. The zero-order valence-electron chi connectivity index (χ0n) is 11.4. The van der Waals surface area contributed by atoms with Crippen molar-refractivity contribution in [3.63, 3.8) is 0 Å². The summed E-state index contributed by atoms with van der Waals surface area (Å²) < 4.78 is 37.8. The van der Waals surface area contributed by atoms with Crippen molar-refractivity contribution in [3.05, 3.63) is 65.7 Å². The second-order valence-electron chi connectivity index (χ2n) is 5.13. The summed E-state index contributed by atoms with van der Waals surface area (Å²) in [5, 5.41) is 0. The molecule has 2 unspecified atom stereocenters. The second-order valence-corrected chi connectivity index (χ2v) is 5.13. The van der Waals surface area contributed by atoms with Gasteiger partial charge in [0.1, 0.15) is 6.04 Å². The number of rotatable bonds is 2. The Balaban J connectivity index is 1.91. The Kier molecular flexibility index (Phi) is 3.41. The van der Waals surface area contributed by atoms with E-state index < -0.39 is 23.8 Å². The molecule has 114 valence electrons. The number of carbonyl (C=O) groups excluding carboxylic acids is 1. The zero-order chi connectivity index (χ0) is 15.9. The molecule has 2 atom stereocenters. The lowest BCUT2D eigenvalue weighted by Crippen LogP contribution is -2.63. The van der Waals surface area contributed by atoms with Gasteiger partial charge in [-0.3, -0.25) is 4.79 Å². The summed E-state index contributed by atoms with van der Waals surface area (Å²) in [5.41, 5.74) is 6.38. The van der Waals surface area contributed by atoms with Crippen LogP contribution in [0.5, 0.6) is 0 Å². The highest BCUT2D eigenvalue weighted by Crippen LogP contribution is 2.39. The van der Waals surface area contributed by atoms with E-state index in [9.17, 15) is 18.0 Å². The SMILES string of the molecule is NC1C(=O)N(c2ccccc2)C1c1ccc(C(F)(F)F)cc1. The van der Waals surface area contributed by atoms with E-state index in [4.69, 9.17) is 5.73 Å². The van der Waals surface area contributed by atoms with Crippen LogP contribution in [0.15, 0.2) is 54.6 Å². The summed E-state index contributed by atoms with van der Waals surface area (Å²) >= 11 is 0. The molecular formula is C16H13F3N2O. The zero-order valence-corrected chi connectivity index (χ0v) is 11.4. The lowest BCUT2D eigenvalue weighted by Gasteiger charge is -2.45. The fraction of sp³-hybridized carbons (Fsp3) is 0.188. The summed E-state index contributed by atoms with van der Waals surface area (Å²) in [6.45, 7) is 0. The van der Waals surface area contributed by atoms with Crippen LogP contribution in [0.3, 0.4) is 0 Å². The average molecular weight is 306 g/mol. The van der Waals surface area contributed by atoms with Gasteiger partial charge in [-0.15, -0.1) is 0 Å². The molecule has 2 N–H and O–H groups in total. The van der Waals surface area contributed by atoms with E-state index in [2.05, 4.69) is 0 Å². The number of carbonyl (C=O) groups is 1. The summed E-state index contributed by atoms with van der Waals surface area (Å²) in [4.78, 5) is 13.5. The van der Waals surface area contributed by atoms with Crippen LogP contribution in [0.1, 0.15) is 17.2 Å². The number of β-lactam (4-membered cyclic amide) rings is 1. The summed E-state index contributed by atoms with van der Waals surface area (Å²) in [6, 6.07) is 12.5. The first-order valence-electron chi connectivity index (χ1n) is 6.70. The van der Waals surface area contributed by atoms with Crippen LogP contribution in [0.2, 0.25) is 0 Å². The molecule has 0 spiro atoms. The third kappa shape index (κ3) is 2.35. The van der Waals surface area contributed by atoms with Crippen molar-refractivity contribution in [1.29, 1.82) is 0 Å². The molecule has 1 saturated heterocycles. The molecule has 3 nitrogen and oxygen atoms in total.